The molecule has 3 heteroatoms. The van der Waals surface area contributed by atoms with Gasteiger partial charge in [0.05, 0.1) is 0 Å². The Balaban J connectivity index is 2.74. The van der Waals surface area contributed by atoms with Crippen LogP contribution in [0.5, 0.6) is 0 Å². The summed E-state index contributed by atoms with van der Waals surface area (Å²) in [7, 11) is 4.13. The van der Waals surface area contributed by atoms with Gasteiger partial charge in [0, 0.05) is 24.0 Å². The number of hydrogen-bond acceptors (Lipinski definition) is 2. The van der Waals surface area contributed by atoms with E-state index in [1.807, 2.05) is 6.07 Å². The summed E-state index contributed by atoms with van der Waals surface area (Å²) in [5, 5.41) is 0. The van der Waals surface area contributed by atoms with E-state index >= 15 is 0 Å². The Kier molecular flexibility index (Phi) is 2.89. The monoisotopic (exact) mass is 167 g/mol. The maximum Gasteiger partial charge on any atom is 0.0464 e. The van der Waals surface area contributed by atoms with E-state index in [-0.39, 0.29) is 0 Å². The molecule has 0 radical (unpaired) electrons. The van der Waals surface area contributed by atoms with Crippen molar-refractivity contribution in [1.82, 2.24) is 9.88 Å². The van der Waals surface area contributed by atoms with Gasteiger partial charge >= 0.3 is 0 Å². The molecule has 0 aliphatic heterocycles. The number of hydrogen-bond donors (Lipinski definition) is 2. The van der Waals surface area contributed by atoms with Crippen LogP contribution in [0.3, 0.4) is 0 Å². The standard InChI is InChI=1S/C9H17N3/c1-7(12(2)3)9-5-4-8(6-10)11-9/h4-5,7,11H,6,10H2,1-3H3. The molecule has 0 aromatic carbocycles. The number of nitrogens with two attached hydrogens (primary N) is 1. The Hall–Kier alpha value is -0.800. The third-order valence-corrected chi connectivity index (χ3v) is 2.21. The highest BCUT2D eigenvalue weighted by Gasteiger charge is 2.08. The molecule has 68 valence electrons. The highest BCUT2D eigenvalue weighted by molar-refractivity contribution is 5.15. The first-order chi connectivity index (χ1) is 5.65. The predicted molar refractivity (Wildman–Crippen MR) is 50.8 cm³/mol. The molecule has 1 unspecified atom stereocenters. The first-order valence-corrected chi connectivity index (χ1v) is 4.19. The van der Waals surface area contributed by atoms with Gasteiger partial charge in [0.2, 0.25) is 0 Å². The Morgan fingerprint density at radius 2 is 2.17 bits per heavy atom. The average Bonchev–Trinajstić information content (AvgIpc) is 2.50. The van der Waals surface area contributed by atoms with Crippen LogP contribution in [0.15, 0.2) is 12.1 Å². The zero-order valence-corrected chi connectivity index (χ0v) is 7.96. The summed E-state index contributed by atoms with van der Waals surface area (Å²) in [6.07, 6.45) is 0. The SMILES string of the molecule is CC(c1ccc(CN)[nH]1)N(C)C. The van der Waals surface area contributed by atoms with Gasteiger partial charge in [-0.2, -0.15) is 0 Å². The van der Waals surface area contributed by atoms with Gasteiger partial charge in [-0.05, 0) is 33.2 Å². The van der Waals surface area contributed by atoms with Crippen molar-refractivity contribution in [3.8, 4) is 0 Å². The van der Waals surface area contributed by atoms with Crippen molar-refractivity contribution < 1.29 is 0 Å². The van der Waals surface area contributed by atoms with E-state index in [1.165, 1.54) is 5.69 Å². The minimum Gasteiger partial charge on any atom is -0.360 e. The lowest BCUT2D eigenvalue weighted by Gasteiger charge is -2.18. The largest absolute Gasteiger partial charge is 0.360 e. The van der Waals surface area contributed by atoms with Crippen LogP contribution in [-0.2, 0) is 6.54 Å². The van der Waals surface area contributed by atoms with E-state index in [4.69, 9.17) is 5.73 Å². The van der Waals surface area contributed by atoms with Crippen molar-refractivity contribution in [2.75, 3.05) is 14.1 Å². The molecule has 0 aliphatic carbocycles. The highest BCUT2D eigenvalue weighted by atomic mass is 15.1. The van der Waals surface area contributed by atoms with Crippen molar-refractivity contribution in [3.63, 3.8) is 0 Å². The molecule has 1 heterocycles. The van der Waals surface area contributed by atoms with Crippen LogP contribution in [0.4, 0.5) is 0 Å². The molecular weight excluding hydrogens is 150 g/mol. The summed E-state index contributed by atoms with van der Waals surface area (Å²) in [5.41, 5.74) is 7.81. The van der Waals surface area contributed by atoms with Gasteiger partial charge in [0.1, 0.15) is 0 Å². The van der Waals surface area contributed by atoms with E-state index in [9.17, 15) is 0 Å². The summed E-state index contributed by atoms with van der Waals surface area (Å²) in [6, 6.07) is 4.55. The first-order valence-electron chi connectivity index (χ1n) is 4.19. The topological polar surface area (TPSA) is 45.1 Å². The third kappa shape index (κ3) is 1.87. The number of aromatic amines is 1. The summed E-state index contributed by atoms with van der Waals surface area (Å²) in [6.45, 7) is 2.74. The minimum absolute atomic E-state index is 0.422. The molecule has 1 atom stereocenters. The van der Waals surface area contributed by atoms with Crippen molar-refractivity contribution in [2.45, 2.75) is 19.5 Å². The van der Waals surface area contributed by atoms with Crippen LogP contribution >= 0.6 is 0 Å². The molecule has 12 heavy (non-hydrogen) atoms. The normalized spacial score (nSPS) is 13.8. The number of H-pyrrole nitrogens is 1. The molecule has 0 saturated heterocycles. The number of aromatic nitrogens is 1. The molecule has 0 spiro atoms. The molecule has 3 nitrogen and oxygen atoms in total. The molecule has 0 bridgehead atoms. The Morgan fingerprint density at radius 3 is 2.58 bits per heavy atom. The highest BCUT2D eigenvalue weighted by Crippen LogP contribution is 2.15. The first kappa shape index (κ1) is 9.29. The van der Waals surface area contributed by atoms with Gasteiger partial charge in [-0.25, -0.2) is 0 Å². The van der Waals surface area contributed by atoms with Gasteiger partial charge in [-0.3, -0.25) is 0 Å². The van der Waals surface area contributed by atoms with Crippen LogP contribution in [0.2, 0.25) is 0 Å². The van der Waals surface area contributed by atoms with Crippen LogP contribution in [0, 0.1) is 0 Å². The quantitative estimate of drug-likeness (QED) is 0.708. The fourth-order valence-corrected chi connectivity index (χ4v) is 1.10. The average molecular weight is 167 g/mol. The molecule has 0 amide bonds. The van der Waals surface area contributed by atoms with Crippen LogP contribution in [0.25, 0.3) is 0 Å². The Morgan fingerprint density at radius 1 is 1.50 bits per heavy atom. The lowest BCUT2D eigenvalue weighted by atomic mass is 10.2. The zero-order chi connectivity index (χ0) is 9.14. The maximum absolute atomic E-state index is 5.49. The second kappa shape index (κ2) is 3.74. The maximum atomic E-state index is 5.49. The smallest absolute Gasteiger partial charge is 0.0464 e. The summed E-state index contributed by atoms with van der Waals surface area (Å²) < 4.78 is 0. The summed E-state index contributed by atoms with van der Waals surface area (Å²) in [4.78, 5) is 5.44. The van der Waals surface area contributed by atoms with Crippen molar-refractivity contribution >= 4 is 0 Å². The lowest BCUT2D eigenvalue weighted by Crippen LogP contribution is -2.17. The predicted octanol–water partition coefficient (Wildman–Crippen LogP) is 1.10. The van der Waals surface area contributed by atoms with E-state index in [1.54, 1.807) is 0 Å². The van der Waals surface area contributed by atoms with E-state index in [0.29, 0.717) is 12.6 Å². The molecular formula is C9H17N3. The Bertz CT molecular complexity index is 240. The number of nitrogens with zero attached hydrogens (tertiary/aromatic N) is 1. The lowest BCUT2D eigenvalue weighted by molar-refractivity contribution is 0.316. The number of nitrogens with one attached hydrogen (secondary N) is 1. The molecule has 0 aliphatic rings. The van der Waals surface area contributed by atoms with E-state index in [2.05, 4.69) is 37.0 Å². The summed E-state index contributed by atoms with van der Waals surface area (Å²) in [5.74, 6) is 0. The second-order valence-electron chi connectivity index (χ2n) is 3.28. The van der Waals surface area contributed by atoms with Crippen molar-refractivity contribution in [2.24, 2.45) is 5.73 Å². The van der Waals surface area contributed by atoms with Crippen LogP contribution in [0.1, 0.15) is 24.4 Å². The second-order valence-corrected chi connectivity index (χ2v) is 3.28. The number of rotatable bonds is 3. The zero-order valence-electron chi connectivity index (χ0n) is 7.96. The van der Waals surface area contributed by atoms with Crippen LogP contribution < -0.4 is 5.73 Å². The van der Waals surface area contributed by atoms with E-state index < -0.39 is 0 Å². The molecule has 0 saturated carbocycles. The van der Waals surface area contributed by atoms with E-state index in [0.717, 1.165) is 5.69 Å². The van der Waals surface area contributed by atoms with Gasteiger partial charge in [0.25, 0.3) is 0 Å². The summed E-state index contributed by atoms with van der Waals surface area (Å²) >= 11 is 0. The molecule has 1 aromatic rings. The van der Waals surface area contributed by atoms with Gasteiger partial charge in [-0.1, -0.05) is 0 Å². The third-order valence-electron chi connectivity index (χ3n) is 2.21. The fourth-order valence-electron chi connectivity index (χ4n) is 1.10. The van der Waals surface area contributed by atoms with Gasteiger partial charge < -0.3 is 15.6 Å². The molecule has 3 N–H and O–H groups in total. The Labute approximate surface area is 73.6 Å². The van der Waals surface area contributed by atoms with Crippen molar-refractivity contribution in [3.05, 3.63) is 23.5 Å². The molecule has 1 rings (SSSR count). The molecule has 1 aromatic heterocycles. The van der Waals surface area contributed by atoms with Gasteiger partial charge in [0.15, 0.2) is 0 Å². The molecule has 0 fully saturated rings. The van der Waals surface area contributed by atoms with Gasteiger partial charge in [-0.15, -0.1) is 0 Å². The fraction of sp³-hybridized carbons (Fsp3) is 0.556. The van der Waals surface area contributed by atoms with Crippen molar-refractivity contribution in [1.29, 1.82) is 0 Å². The van der Waals surface area contributed by atoms with Crippen LogP contribution in [-0.4, -0.2) is 24.0 Å². The minimum atomic E-state index is 0.422.